The number of rotatable bonds is 12. The molecule has 15 nitrogen and oxygen atoms in total. The van der Waals surface area contributed by atoms with Gasteiger partial charge in [-0.25, -0.2) is 0 Å². The van der Waals surface area contributed by atoms with Gasteiger partial charge in [0, 0.05) is 45.8 Å². The van der Waals surface area contributed by atoms with Gasteiger partial charge in [0.25, 0.3) is 11.8 Å². The Morgan fingerprint density at radius 2 is 1.24 bits per heavy atom. The first kappa shape index (κ1) is 40.2. The fourth-order valence-electron chi connectivity index (χ4n) is 7.40. The average Bonchev–Trinajstić information content (AvgIpc) is 3.95. The number of carbonyl (C=O) groups excluding carboxylic acids is 3. The van der Waals surface area contributed by atoms with E-state index in [4.69, 9.17) is 15.5 Å². The molecule has 304 valence electrons. The van der Waals surface area contributed by atoms with E-state index < -0.39 is 17.7 Å². The van der Waals surface area contributed by atoms with Crippen molar-refractivity contribution in [2.24, 2.45) is 29.8 Å². The molecule has 0 spiro atoms. The topological polar surface area (TPSA) is 167 Å². The number of carbonyl (C=O) groups is 3. The lowest BCUT2D eigenvalue weighted by Gasteiger charge is -2.14. The van der Waals surface area contributed by atoms with Gasteiger partial charge in [0.15, 0.2) is 0 Å². The molecule has 0 aliphatic rings. The molecule has 59 heavy (non-hydrogen) atoms. The number of para-hydroxylation sites is 1. The minimum absolute atomic E-state index is 0.340. The van der Waals surface area contributed by atoms with E-state index in [1.165, 1.54) is 0 Å². The van der Waals surface area contributed by atoms with Crippen molar-refractivity contribution in [1.29, 1.82) is 0 Å². The van der Waals surface area contributed by atoms with Crippen molar-refractivity contribution in [2.75, 3.05) is 0 Å². The van der Waals surface area contributed by atoms with E-state index in [1.54, 1.807) is 38.2 Å². The Balaban J connectivity index is 1.37. The summed E-state index contributed by atoms with van der Waals surface area (Å²) in [7, 11) is 3.70. The van der Waals surface area contributed by atoms with E-state index in [0.29, 0.717) is 77.9 Å². The number of primary amides is 1. The van der Waals surface area contributed by atoms with Crippen molar-refractivity contribution in [3.8, 4) is 5.75 Å². The first-order valence-electron chi connectivity index (χ1n) is 19.6. The van der Waals surface area contributed by atoms with E-state index in [-0.39, 0.29) is 0 Å². The van der Waals surface area contributed by atoms with Gasteiger partial charge in [-0.1, -0.05) is 47.5 Å². The van der Waals surface area contributed by atoms with Gasteiger partial charge in [0.2, 0.25) is 17.1 Å². The maximum Gasteiger partial charge on any atom is 0.298 e. The minimum atomic E-state index is -0.559. The van der Waals surface area contributed by atoms with Crippen LogP contribution in [0.3, 0.4) is 0 Å². The molecular formula is C44H49N11O4. The number of fused-ring (bicyclic) bond motifs is 2. The molecule has 0 saturated carbocycles. The number of allylic oxidation sites excluding steroid dienone is 2. The highest BCUT2D eigenvalue weighted by molar-refractivity contribution is 5.97. The normalized spacial score (nSPS) is 12.8. The van der Waals surface area contributed by atoms with Crippen molar-refractivity contribution < 1.29 is 19.1 Å². The van der Waals surface area contributed by atoms with Crippen molar-refractivity contribution >= 4 is 39.8 Å². The van der Waals surface area contributed by atoms with Crippen molar-refractivity contribution in [3.63, 3.8) is 0 Å². The molecule has 0 unspecified atom stereocenters. The third-order valence-electron chi connectivity index (χ3n) is 10.6. The summed E-state index contributed by atoms with van der Waals surface area (Å²) in [5.41, 5.74) is 15.1. The number of hydrogen-bond donors (Lipinski definition) is 1. The second-order valence-electron chi connectivity index (χ2n) is 14.7. The second kappa shape index (κ2) is 16.4. The SMILES string of the molecule is CCn1nc(C)cc1C(=O)/N=c1\n(C)c2cc(C(N)=O)ccc2n1C/C(C)=C(\C)Cn1/c(=N/C(=O)c2cc(C)nn2CC)n(C)c2cccc(OCc3ccccc3)c21. The first-order chi connectivity index (χ1) is 28.3. The predicted octanol–water partition coefficient (Wildman–Crippen LogP) is 5.52. The van der Waals surface area contributed by atoms with E-state index >= 15 is 0 Å². The lowest BCUT2D eigenvalue weighted by atomic mass is 10.1. The molecule has 0 aliphatic carbocycles. The number of ether oxygens (including phenoxy) is 1. The zero-order valence-corrected chi connectivity index (χ0v) is 34.7. The molecule has 0 fully saturated rings. The molecule has 0 aliphatic heterocycles. The van der Waals surface area contributed by atoms with Gasteiger partial charge in [-0.2, -0.15) is 20.2 Å². The minimum Gasteiger partial charge on any atom is -0.487 e. The van der Waals surface area contributed by atoms with Gasteiger partial charge in [-0.3, -0.25) is 23.7 Å². The summed E-state index contributed by atoms with van der Waals surface area (Å²) in [5, 5.41) is 8.93. The number of amides is 3. The molecule has 7 aromatic rings. The number of nitrogens with two attached hydrogens (primary N) is 1. The number of aromatic nitrogens is 8. The molecule has 0 saturated heterocycles. The average molecular weight is 796 g/mol. The second-order valence-corrected chi connectivity index (χ2v) is 14.7. The highest BCUT2D eigenvalue weighted by atomic mass is 16.5. The monoisotopic (exact) mass is 795 g/mol. The number of aryl methyl sites for hydroxylation is 6. The fraction of sp³-hybridized carbons (Fsp3) is 0.295. The molecule has 7 rings (SSSR count). The van der Waals surface area contributed by atoms with Crippen LogP contribution in [-0.4, -0.2) is 55.6 Å². The molecule has 15 heteroatoms. The standard InChI is InChI=1S/C44H49N11O4/c1-9-54-36(21-29(5)48-54)41(57)46-43-51(8)35-23-32(40(45)56)19-20-33(35)52(43)24-27(3)28(4)25-53-39-34(17-14-18-38(39)59-26-31-15-12-11-13-16-31)50(7)44(53)47-42(58)37-22-30(6)49-55(37)10-2/h11-23H,9-10,24-26H2,1-8H3,(H2,45,56)/b28-27+,46-43+,47-44+. The van der Waals surface area contributed by atoms with E-state index in [9.17, 15) is 14.4 Å². The fourth-order valence-corrected chi connectivity index (χ4v) is 7.40. The zero-order valence-electron chi connectivity index (χ0n) is 34.7. The lowest BCUT2D eigenvalue weighted by Crippen LogP contribution is -2.28. The first-order valence-corrected chi connectivity index (χ1v) is 19.6. The molecule has 2 N–H and O–H groups in total. The molecule has 3 amide bonds. The van der Waals surface area contributed by atoms with Crippen LogP contribution in [-0.2, 0) is 46.9 Å². The van der Waals surface area contributed by atoms with E-state index in [2.05, 4.69) is 15.2 Å². The number of nitrogens with zero attached hydrogens (tertiary/aromatic N) is 10. The zero-order chi connectivity index (χ0) is 42.1. The Morgan fingerprint density at radius 1 is 0.678 bits per heavy atom. The molecule has 3 aromatic carbocycles. The van der Waals surface area contributed by atoms with Crippen LogP contribution in [0.15, 0.2) is 100.0 Å². The van der Waals surface area contributed by atoms with Crippen LogP contribution in [0.5, 0.6) is 5.75 Å². The van der Waals surface area contributed by atoms with Crippen molar-refractivity contribution in [1.82, 2.24) is 37.8 Å². The Hall–Kier alpha value is -7.03. The van der Waals surface area contributed by atoms with Gasteiger partial charge in [-0.05, 0) is 89.6 Å². The largest absolute Gasteiger partial charge is 0.487 e. The van der Waals surface area contributed by atoms with Crippen LogP contribution in [0, 0.1) is 13.8 Å². The van der Waals surface area contributed by atoms with E-state index in [1.807, 2.05) is 124 Å². The van der Waals surface area contributed by atoms with Gasteiger partial charge in [0.1, 0.15) is 29.3 Å². The smallest absolute Gasteiger partial charge is 0.298 e. The highest BCUT2D eigenvalue weighted by Crippen LogP contribution is 2.27. The van der Waals surface area contributed by atoms with Gasteiger partial charge in [0.05, 0.1) is 27.9 Å². The summed E-state index contributed by atoms with van der Waals surface area (Å²) in [6, 6.07) is 24.5. The predicted molar refractivity (Wildman–Crippen MR) is 225 cm³/mol. The van der Waals surface area contributed by atoms with Gasteiger partial charge >= 0.3 is 0 Å². The summed E-state index contributed by atoms with van der Waals surface area (Å²) in [4.78, 5) is 49.4. The maximum absolute atomic E-state index is 13.9. The summed E-state index contributed by atoms with van der Waals surface area (Å²) in [6.45, 7) is 13.7. The molecular weight excluding hydrogens is 747 g/mol. The van der Waals surface area contributed by atoms with E-state index in [0.717, 1.165) is 39.0 Å². The summed E-state index contributed by atoms with van der Waals surface area (Å²) in [5.74, 6) is -0.762. The molecule has 0 radical (unpaired) electrons. The number of benzene rings is 3. The van der Waals surface area contributed by atoms with Gasteiger partial charge in [-0.15, -0.1) is 0 Å². The Bertz CT molecular complexity index is 2950. The Kier molecular flexibility index (Phi) is 11.2. The van der Waals surface area contributed by atoms with Crippen LogP contribution >= 0.6 is 0 Å². The number of imidazole rings is 2. The molecule has 0 bridgehead atoms. The van der Waals surface area contributed by atoms with Crippen LogP contribution in [0.2, 0.25) is 0 Å². The summed E-state index contributed by atoms with van der Waals surface area (Å²) >= 11 is 0. The third kappa shape index (κ3) is 7.83. The lowest BCUT2D eigenvalue weighted by molar-refractivity contribution is 0.0977. The van der Waals surface area contributed by atoms with Crippen LogP contribution < -0.4 is 21.7 Å². The quantitative estimate of drug-likeness (QED) is 0.160. The van der Waals surface area contributed by atoms with Crippen LogP contribution in [0.25, 0.3) is 22.1 Å². The Morgan fingerprint density at radius 3 is 1.81 bits per heavy atom. The number of hydrogen-bond acceptors (Lipinski definition) is 6. The van der Waals surface area contributed by atoms with Crippen LogP contribution in [0.1, 0.15) is 76.0 Å². The highest BCUT2D eigenvalue weighted by Gasteiger charge is 2.21. The molecule has 4 heterocycles. The summed E-state index contributed by atoms with van der Waals surface area (Å²) in [6.07, 6.45) is 0. The van der Waals surface area contributed by atoms with Crippen molar-refractivity contribution in [3.05, 3.63) is 135 Å². The molecule has 4 aromatic heterocycles. The third-order valence-corrected chi connectivity index (χ3v) is 10.6. The maximum atomic E-state index is 13.9. The van der Waals surface area contributed by atoms with Crippen LogP contribution in [0.4, 0.5) is 0 Å². The molecule has 0 atom stereocenters. The summed E-state index contributed by atoms with van der Waals surface area (Å²) < 4.78 is 17.5. The Labute approximate surface area is 341 Å². The van der Waals surface area contributed by atoms with Crippen molar-refractivity contribution in [2.45, 2.75) is 74.3 Å². The van der Waals surface area contributed by atoms with Gasteiger partial charge < -0.3 is 28.7 Å².